The zero-order valence-electron chi connectivity index (χ0n) is 10.4. The third-order valence-electron chi connectivity index (χ3n) is 4.01. The zero-order chi connectivity index (χ0) is 13.0. The molecule has 1 atom stereocenters. The highest BCUT2D eigenvalue weighted by Crippen LogP contribution is 2.37. The van der Waals surface area contributed by atoms with Gasteiger partial charge in [0.05, 0.1) is 6.07 Å². The first-order valence-electron chi connectivity index (χ1n) is 6.44. The molecule has 0 bridgehead atoms. The van der Waals surface area contributed by atoms with Crippen molar-refractivity contribution in [2.24, 2.45) is 11.0 Å². The highest BCUT2D eigenvalue weighted by Gasteiger charge is 2.45. The molecule has 2 fully saturated rings. The van der Waals surface area contributed by atoms with Gasteiger partial charge in [0.15, 0.2) is 0 Å². The molecule has 0 radical (unpaired) electrons. The lowest BCUT2D eigenvalue weighted by atomic mass is 9.81. The van der Waals surface area contributed by atoms with Crippen molar-refractivity contribution in [3.8, 4) is 6.07 Å². The van der Waals surface area contributed by atoms with Crippen LogP contribution >= 0.6 is 0 Å². The molecular weight excluding hydrogens is 230 g/mol. The predicted octanol–water partition coefficient (Wildman–Crippen LogP) is 2.37. The number of rotatable bonds is 3. The SMILES string of the molecule is N#CC1(N2CC(CN=[N+]=[N-])CC2=O)CCCCC1. The number of nitrogens with zero attached hydrogens (tertiary/aromatic N) is 5. The molecule has 1 saturated heterocycles. The van der Waals surface area contributed by atoms with E-state index in [1.807, 2.05) is 0 Å². The zero-order valence-corrected chi connectivity index (χ0v) is 10.4. The molecule has 0 spiro atoms. The average molecular weight is 247 g/mol. The topological polar surface area (TPSA) is 92.9 Å². The van der Waals surface area contributed by atoms with E-state index in [1.54, 1.807) is 4.90 Å². The minimum absolute atomic E-state index is 0.0385. The van der Waals surface area contributed by atoms with E-state index in [0.717, 1.165) is 32.1 Å². The third-order valence-corrected chi connectivity index (χ3v) is 4.01. The van der Waals surface area contributed by atoms with Crippen LogP contribution in [-0.4, -0.2) is 29.4 Å². The number of azide groups is 1. The molecule has 0 aromatic carbocycles. The Balaban J connectivity index is 2.10. The average Bonchev–Trinajstić information content (AvgIpc) is 2.79. The van der Waals surface area contributed by atoms with Crippen molar-refractivity contribution < 1.29 is 4.79 Å². The summed E-state index contributed by atoms with van der Waals surface area (Å²) in [6, 6.07) is 2.37. The molecule has 1 amide bonds. The smallest absolute Gasteiger partial charge is 0.224 e. The van der Waals surface area contributed by atoms with Crippen LogP contribution in [0.3, 0.4) is 0 Å². The van der Waals surface area contributed by atoms with E-state index in [-0.39, 0.29) is 11.8 Å². The first-order chi connectivity index (χ1) is 8.72. The Morgan fingerprint density at radius 2 is 2.22 bits per heavy atom. The summed E-state index contributed by atoms with van der Waals surface area (Å²) in [5.74, 6) is 0.108. The molecule has 0 aromatic heterocycles. The number of carbonyl (C=O) groups is 1. The van der Waals surface area contributed by atoms with Crippen LogP contribution in [0.4, 0.5) is 0 Å². The van der Waals surface area contributed by atoms with E-state index in [2.05, 4.69) is 16.1 Å². The molecule has 2 rings (SSSR count). The Bertz CT molecular complexity index is 415. The van der Waals surface area contributed by atoms with Gasteiger partial charge in [-0.2, -0.15) is 5.26 Å². The van der Waals surface area contributed by atoms with Crippen molar-refractivity contribution in [1.82, 2.24) is 4.90 Å². The van der Waals surface area contributed by atoms with Gasteiger partial charge < -0.3 is 4.90 Å². The van der Waals surface area contributed by atoms with Gasteiger partial charge in [-0.15, -0.1) is 0 Å². The molecule has 0 aromatic rings. The van der Waals surface area contributed by atoms with Crippen LogP contribution in [0.2, 0.25) is 0 Å². The molecular formula is C12H17N5O. The molecule has 1 aliphatic carbocycles. The van der Waals surface area contributed by atoms with Crippen LogP contribution in [0.25, 0.3) is 10.4 Å². The van der Waals surface area contributed by atoms with E-state index in [0.29, 0.717) is 19.5 Å². The van der Waals surface area contributed by atoms with E-state index < -0.39 is 5.54 Å². The van der Waals surface area contributed by atoms with Crippen molar-refractivity contribution in [1.29, 1.82) is 5.26 Å². The number of carbonyl (C=O) groups excluding carboxylic acids is 1. The van der Waals surface area contributed by atoms with Gasteiger partial charge in [-0.3, -0.25) is 4.79 Å². The maximum absolute atomic E-state index is 12.1. The van der Waals surface area contributed by atoms with Crippen LogP contribution in [0, 0.1) is 17.2 Å². The molecule has 2 aliphatic rings. The fourth-order valence-corrected chi connectivity index (χ4v) is 3.05. The molecule has 6 nitrogen and oxygen atoms in total. The Morgan fingerprint density at radius 1 is 1.50 bits per heavy atom. The maximum Gasteiger partial charge on any atom is 0.224 e. The Kier molecular flexibility index (Phi) is 3.73. The lowest BCUT2D eigenvalue weighted by Gasteiger charge is -2.39. The summed E-state index contributed by atoms with van der Waals surface area (Å²) in [6.45, 7) is 0.908. The van der Waals surface area contributed by atoms with Crippen LogP contribution in [-0.2, 0) is 4.79 Å². The first kappa shape index (κ1) is 12.7. The highest BCUT2D eigenvalue weighted by atomic mass is 16.2. The lowest BCUT2D eigenvalue weighted by Crippen LogP contribution is -2.49. The summed E-state index contributed by atoms with van der Waals surface area (Å²) < 4.78 is 0. The fraction of sp³-hybridized carbons (Fsp3) is 0.833. The van der Waals surface area contributed by atoms with Crippen molar-refractivity contribution in [3.05, 3.63) is 10.4 Å². The molecule has 1 saturated carbocycles. The number of nitriles is 1. The summed E-state index contributed by atoms with van der Waals surface area (Å²) >= 11 is 0. The van der Waals surface area contributed by atoms with Gasteiger partial charge in [-0.25, -0.2) is 0 Å². The Morgan fingerprint density at radius 3 is 2.83 bits per heavy atom. The van der Waals surface area contributed by atoms with Crippen LogP contribution in [0.1, 0.15) is 38.5 Å². The molecule has 96 valence electrons. The second-order valence-corrected chi connectivity index (χ2v) is 5.19. The molecule has 18 heavy (non-hydrogen) atoms. The number of amides is 1. The second-order valence-electron chi connectivity index (χ2n) is 5.19. The highest BCUT2D eigenvalue weighted by molar-refractivity contribution is 5.80. The predicted molar refractivity (Wildman–Crippen MR) is 65.3 cm³/mol. The van der Waals surface area contributed by atoms with Crippen LogP contribution in [0.15, 0.2) is 5.11 Å². The van der Waals surface area contributed by atoms with Gasteiger partial charge in [-0.05, 0) is 24.3 Å². The molecule has 1 unspecified atom stereocenters. The normalized spacial score (nSPS) is 26.5. The molecule has 1 heterocycles. The van der Waals surface area contributed by atoms with Crippen molar-refractivity contribution >= 4 is 5.91 Å². The summed E-state index contributed by atoms with van der Waals surface area (Å²) in [5.41, 5.74) is 7.71. The summed E-state index contributed by atoms with van der Waals surface area (Å²) in [7, 11) is 0. The van der Waals surface area contributed by atoms with E-state index in [9.17, 15) is 10.1 Å². The van der Waals surface area contributed by atoms with Gasteiger partial charge in [0.1, 0.15) is 5.54 Å². The molecule has 0 N–H and O–H groups in total. The van der Waals surface area contributed by atoms with E-state index in [1.165, 1.54) is 0 Å². The minimum atomic E-state index is -0.597. The minimum Gasteiger partial charge on any atom is -0.324 e. The Labute approximate surface area is 106 Å². The molecule has 1 aliphatic heterocycles. The van der Waals surface area contributed by atoms with Gasteiger partial charge in [0, 0.05) is 24.4 Å². The second kappa shape index (κ2) is 5.28. The summed E-state index contributed by atoms with van der Waals surface area (Å²) in [6.07, 6.45) is 5.14. The van der Waals surface area contributed by atoms with Gasteiger partial charge in [0.25, 0.3) is 0 Å². The third kappa shape index (κ3) is 2.27. The Hall–Kier alpha value is -1.73. The van der Waals surface area contributed by atoms with Crippen LogP contribution < -0.4 is 0 Å². The maximum atomic E-state index is 12.1. The summed E-state index contributed by atoms with van der Waals surface area (Å²) in [4.78, 5) is 16.5. The standard InChI is InChI=1S/C12H17N5O/c13-9-12(4-2-1-3-5-12)17-8-10(6-11(17)18)7-15-16-14/h10H,1-8H2. The van der Waals surface area contributed by atoms with Gasteiger partial charge >= 0.3 is 0 Å². The first-order valence-corrected chi connectivity index (χ1v) is 6.44. The van der Waals surface area contributed by atoms with Crippen molar-refractivity contribution in [2.45, 2.75) is 44.1 Å². The number of hydrogen-bond acceptors (Lipinski definition) is 3. The van der Waals surface area contributed by atoms with E-state index in [4.69, 9.17) is 5.53 Å². The van der Waals surface area contributed by atoms with E-state index >= 15 is 0 Å². The summed E-state index contributed by atoms with van der Waals surface area (Å²) in [5, 5.41) is 13.0. The van der Waals surface area contributed by atoms with Gasteiger partial charge in [-0.1, -0.05) is 24.4 Å². The van der Waals surface area contributed by atoms with Crippen molar-refractivity contribution in [3.63, 3.8) is 0 Å². The fourth-order valence-electron chi connectivity index (χ4n) is 3.05. The quantitative estimate of drug-likeness (QED) is 0.435. The monoisotopic (exact) mass is 247 g/mol. The van der Waals surface area contributed by atoms with Gasteiger partial charge in [0.2, 0.25) is 5.91 Å². The van der Waals surface area contributed by atoms with Crippen LogP contribution in [0.5, 0.6) is 0 Å². The number of likely N-dealkylation sites (tertiary alicyclic amines) is 1. The van der Waals surface area contributed by atoms with Crippen molar-refractivity contribution in [2.75, 3.05) is 13.1 Å². The number of hydrogen-bond donors (Lipinski definition) is 0. The largest absolute Gasteiger partial charge is 0.324 e. The molecule has 6 heteroatoms. The lowest BCUT2D eigenvalue weighted by molar-refractivity contribution is -0.132.